The minimum absolute atomic E-state index is 0. The number of carbonyl (C=O) groups is 2. The summed E-state index contributed by atoms with van der Waals surface area (Å²) in [5.74, 6) is 0.588. The SMILES string of the molecule is Cl.O=C1C2CCCCC2C(=O)N1CCCN1CCN(c2cc(F)ccc2OC2CCCC2)CC1. The third kappa shape index (κ3) is 5.35. The standard InChI is InChI=1S/C26H36FN3O3.ClH/c27-19-10-11-24(33-20-6-1-2-7-20)23(18-19)29-16-14-28(15-17-29)12-5-13-30-25(31)21-8-3-4-9-22(21)26(30)32;/h10-11,18,20-22H,1-9,12-17H2;1H. The van der Waals surface area contributed by atoms with Gasteiger partial charge in [-0.05, 0) is 63.6 Å². The lowest BCUT2D eigenvalue weighted by atomic mass is 9.81. The summed E-state index contributed by atoms with van der Waals surface area (Å²) < 4.78 is 20.3. The summed E-state index contributed by atoms with van der Waals surface area (Å²) in [6, 6.07) is 4.86. The number of benzene rings is 1. The maximum absolute atomic E-state index is 14.0. The quantitative estimate of drug-likeness (QED) is 0.531. The van der Waals surface area contributed by atoms with Gasteiger partial charge >= 0.3 is 0 Å². The van der Waals surface area contributed by atoms with Crippen molar-refractivity contribution >= 4 is 29.9 Å². The van der Waals surface area contributed by atoms with Crippen LogP contribution in [0.2, 0.25) is 0 Å². The van der Waals surface area contributed by atoms with E-state index in [0.29, 0.717) is 6.54 Å². The Hall–Kier alpha value is -1.86. The lowest BCUT2D eigenvalue weighted by Gasteiger charge is -2.37. The van der Waals surface area contributed by atoms with Crippen molar-refractivity contribution in [1.29, 1.82) is 0 Å². The Morgan fingerprint density at radius 1 is 0.853 bits per heavy atom. The minimum atomic E-state index is -0.230. The Morgan fingerprint density at radius 2 is 1.47 bits per heavy atom. The number of piperazine rings is 1. The molecule has 2 atom stereocenters. The lowest BCUT2D eigenvalue weighted by molar-refractivity contribution is -0.140. The zero-order valence-corrected chi connectivity index (χ0v) is 20.7. The van der Waals surface area contributed by atoms with Gasteiger partial charge in [-0.1, -0.05) is 12.8 Å². The van der Waals surface area contributed by atoms with E-state index >= 15 is 0 Å². The molecule has 2 heterocycles. The number of fused-ring (bicyclic) bond motifs is 1. The fraction of sp³-hybridized carbons (Fsp3) is 0.692. The van der Waals surface area contributed by atoms with Gasteiger partial charge in [-0.15, -0.1) is 12.4 Å². The molecule has 188 valence electrons. The predicted octanol–water partition coefficient (Wildman–Crippen LogP) is 4.26. The molecule has 6 nitrogen and oxygen atoms in total. The first-order valence-electron chi connectivity index (χ1n) is 12.9. The smallest absolute Gasteiger partial charge is 0.233 e. The number of halogens is 2. The molecule has 8 heteroatoms. The van der Waals surface area contributed by atoms with Gasteiger partial charge in [0.25, 0.3) is 0 Å². The molecule has 4 fully saturated rings. The zero-order valence-electron chi connectivity index (χ0n) is 19.9. The molecular formula is C26H37ClFN3O3. The van der Waals surface area contributed by atoms with Crippen molar-refractivity contribution < 1.29 is 18.7 Å². The van der Waals surface area contributed by atoms with Crippen LogP contribution in [0.4, 0.5) is 10.1 Å². The molecule has 0 bridgehead atoms. The second-order valence-corrected chi connectivity index (χ2v) is 10.1. The van der Waals surface area contributed by atoms with Gasteiger partial charge in [-0.2, -0.15) is 0 Å². The van der Waals surface area contributed by atoms with Crippen LogP contribution in [0.5, 0.6) is 5.75 Å². The van der Waals surface area contributed by atoms with E-state index in [1.54, 1.807) is 12.1 Å². The summed E-state index contributed by atoms with van der Waals surface area (Å²) in [5.41, 5.74) is 0.859. The zero-order chi connectivity index (χ0) is 22.8. The third-order valence-corrected chi connectivity index (χ3v) is 8.02. The van der Waals surface area contributed by atoms with E-state index in [9.17, 15) is 14.0 Å². The Bertz CT molecular complexity index is 847. The third-order valence-electron chi connectivity index (χ3n) is 8.02. The highest BCUT2D eigenvalue weighted by atomic mass is 35.5. The summed E-state index contributed by atoms with van der Waals surface area (Å²) in [6.45, 7) is 4.80. The molecule has 2 aliphatic carbocycles. The number of amides is 2. The van der Waals surface area contributed by atoms with Crippen LogP contribution in [0.15, 0.2) is 18.2 Å². The topological polar surface area (TPSA) is 53.1 Å². The van der Waals surface area contributed by atoms with E-state index in [0.717, 1.165) is 89.1 Å². The molecule has 1 aromatic carbocycles. The van der Waals surface area contributed by atoms with Crippen LogP contribution < -0.4 is 9.64 Å². The lowest BCUT2D eigenvalue weighted by Crippen LogP contribution is -2.47. The van der Waals surface area contributed by atoms with E-state index in [1.807, 2.05) is 0 Å². The van der Waals surface area contributed by atoms with E-state index in [1.165, 1.54) is 23.8 Å². The molecule has 0 aromatic heterocycles. The van der Waals surface area contributed by atoms with Crippen LogP contribution in [0, 0.1) is 17.7 Å². The minimum Gasteiger partial charge on any atom is -0.488 e. The van der Waals surface area contributed by atoms with Crippen LogP contribution in [0.25, 0.3) is 0 Å². The van der Waals surface area contributed by atoms with Gasteiger partial charge in [0.15, 0.2) is 0 Å². The van der Waals surface area contributed by atoms with E-state index < -0.39 is 0 Å². The molecule has 2 saturated carbocycles. The van der Waals surface area contributed by atoms with E-state index in [2.05, 4.69) is 9.80 Å². The Labute approximate surface area is 208 Å². The highest BCUT2D eigenvalue weighted by Gasteiger charge is 2.47. The van der Waals surface area contributed by atoms with Gasteiger partial charge in [0, 0.05) is 38.8 Å². The van der Waals surface area contributed by atoms with Crippen molar-refractivity contribution in [1.82, 2.24) is 9.80 Å². The number of imide groups is 1. The summed E-state index contributed by atoms with van der Waals surface area (Å²) in [6.07, 6.45) is 9.50. The van der Waals surface area contributed by atoms with Gasteiger partial charge < -0.3 is 9.64 Å². The van der Waals surface area contributed by atoms with Crippen molar-refractivity contribution in [2.24, 2.45) is 11.8 Å². The van der Waals surface area contributed by atoms with Crippen LogP contribution in [-0.2, 0) is 9.59 Å². The largest absolute Gasteiger partial charge is 0.488 e. The summed E-state index contributed by atoms with van der Waals surface area (Å²) in [4.78, 5) is 31.5. The Kier molecular flexibility index (Phi) is 8.35. The molecule has 1 aromatic rings. The van der Waals surface area contributed by atoms with E-state index in [-0.39, 0.29) is 48.0 Å². The molecule has 2 amide bonds. The van der Waals surface area contributed by atoms with Gasteiger partial charge in [0.05, 0.1) is 23.6 Å². The number of hydrogen-bond donors (Lipinski definition) is 0. The van der Waals surface area contributed by atoms with Gasteiger partial charge in [0.1, 0.15) is 11.6 Å². The molecule has 5 rings (SSSR count). The number of anilines is 1. The first kappa shape index (κ1) is 25.2. The number of ether oxygens (including phenoxy) is 1. The molecule has 0 spiro atoms. The molecule has 4 aliphatic rings. The number of rotatable bonds is 7. The van der Waals surface area contributed by atoms with E-state index in [4.69, 9.17) is 4.74 Å². The van der Waals surface area contributed by atoms with Gasteiger partial charge in [0.2, 0.25) is 11.8 Å². The maximum Gasteiger partial charge on any atom is 0.233 e. The maximum atomic E-state index is 14.0. The Balaban J connectivity index is 0.00000274. The molecule has 2 unspecified atom stereocenters. The number of carbonyl (C=O) groups excluding carboxylic acids is 2. The second kappa shape index (κ2) is 11.3. The fourth-order valence-electron chi connectivity index (χ4n) is 6.14. The van der Waals surface area contributed by atoms with Gasteiger partial charge in [-0.25, -0.2) is 4.39 Å². The Morgan fingerprint density at radius 3 is 2.12 bits per heavy atom. The number of hydrogen-bond acceptors (Lipinski definition) is 5. The first-order valence-corrected chi connectivity index (χ1v) is 12.9. The van der Waals surface area contributed by atoms with Crippen LogP contribution in [0.1, 0.15) is 57.8 Å². The molecule has 0 radical (unpaired) electrons. The van der Waals surface area contributed by atoms with Crippen LogP contribution in [-0.4, -0.2) is 67.0 Å². The van der Waals surface area contributed by atoms with Crippen LogP contribution >= 0.6 is 12.4 Å². The molecule has 2 saturated heterocycles. The highest BCUT2D eigenvalue weighted by molar-refractivity contribution is 6.05. The number of nitrogens with zero attached hydrogens (tertiary/aromatic N) is 3. The molecule has 34 heavy (non-hydrogen) atoms. The average molecular weight is 494 g/mol. The molecule has 2 aliphatic heterocycles. The van der Waals surface area contributed by atoms with Crippen molar-refractivity contribution in [2.45, 2.75) is 63.9 Å². The van der Waals surface area contributed by atoms with Crippen molar-refractivity contribution in [3.63, 3.8) is 0 Å². The van der Waals surface area contributed by atoms with Crippen molar-refractivity contribution in [3.8, 4) is 5.75 Å². The highest BCUT2D eigenvalue weighted by Crippen LogP contribution is 2.38. The monoisotopic (exact) mass is 493 g/mol. The summed E-state index contributed by atoms with van der Waals surface area (Å²) in [5, 5.41) is 0. The second-order valence-electron chi connectivity index (χ2n) is 10.1. The van der Waals surface area contributed by atoms with Crippen molar-refractivity contribution in [2.75, 3.05) is 44.2 Å². The summed E-state index contributed by atoms with van der Waals surface area (Å²) >= 11 is 0. The van der Waals surface area contributed by atoms with Crippen molar-refractivity contribution in [3.05, 3.63) is 24.0 Å². The molecule has 0 N–H and O–H groups in total. The normalized spacial score (nSPS) is 26.0. The van der Waals surface area contributed by atoms with Gasteiger partial charge in [-0.3, -0.25) is 19.4 Å². The van der Waals surface area contributed by atoms with Crippen LogP contribution in [0.3, 0.4) is 0 Å². The molecular weight excluding hydrogens is 457 g/mol. The number of likely N-dealkylation sites (tertiary alicyclic amines) is 1. The summed E-state index contributed by atoms with van der Waals surface area (Å²) in [7, 11) is 0. The first-order chi connectivity index (χ1) is 16.1. The average Bonchev–Trinajstić information content (AvgIpc) is 3.43. The fourth-order valence-corrected chi connectivity index (χ4v) is 6.14. The predicted molar refractivity (Wildman–Crippen MR) is 132 cm³/mol.